The Morgan fingerprint density at radius 2 is 2.21 bits per heavy atom. The molecule has 0 aromatic heterocycles. The number of hydrogen-bond donors (Lipinski definition) is 1. The van der Waals surface area contributed by atoms with E-state index in [1.807, 2.05) is 0 Å². The number of esters is 1. The maximum atomic E-state index is 11.6. The predicted molar refractivity (Wildman–Crippen MR) is 57.5 cm³/mol. The molecule has 0 aliphatic carbocycles. The predicted octanol–water partition coefficient (Wildman–Crippen LogP) is 0.940. The molecule has 0 amide bonds. The van der Waals surface area contributed by atoms with Gasteiger partial charge in [0, 0.05) is 17.3 Å². The van der Waals surface area contributed by atoms with E-state index in [-0.39, 0.29) is 17.1 Å². The molecule has 0 spiro atoms. The number of nitrogens with zero attached hydrogens (tertiary/aromatic N) is 1. The maximum absolute atomic E-state index is 11.6. The minimum atomic E-state index is -0.0952. The zero-order chi connectivity index (χ0) is 10.3. The molecule has 0 saturated carbocycles. The number of rotatable bonds is 1. The maximum Gasteiger partial charge on any atom is 0.311 e. The summed E-state index contributed by atoms with van der Waals surface area (Å²) in [6.45, 7) is 0. The van der Waals surface area contributed by atoms with Crippen molar-refractivity contribution >= 4 is 18.6 Å². The lowest BCUT2D eigenvalue weighted by atomic mass is 9.90. The van der Waals surface area contributed by atoms with Crippen LogP contribution in [0.15, 0.2) is 0 Å². The third-order valence-corrected chi connectivity index (χ3v) is 4.24. The Bertz CT molecular complexity index is 246. The van der Waals surface area contributed by atoms with Crippen LogP contribution in [0.3, 0.4) is 0 Å². The highest BCUT2D eigenvalue weighted by Gasteiger charge is 2.47. The van der Waals surface area contributed by atoms with Crippen LogP contribution in [-0.2, 0) is 9.53 Å². The summed E-state index contributed by atoms with van der Waals surface area (Å²) in [6.07, 6.45) is 3.32. The summed E-state index contributed by atoms with van der Waals surface area (Å²) in [6, 6.07) is 0.979. The van der Waals surface area contributed by atoms with E-state index in [0.29, 0.717) is 12.1 Å². The number of thiol groups is 1. The van der Waals surface area contributed by atoms with Gasteiger partial charge in [-0.2, -0.15) is 12.6 Å². The topological polar surface area (TPSA) is 29.5 Å². The van der Waals surface area contributed by atoms with Crippen molar-refractivity contribution in [2.45, 2.75) is 36.6 Å². The fraction of sp³-hybridized carbons (Fsp3) is 0.900. The van der Waals surface area contributed by atoms with Gasteiger partial charge < -0.3 is 4.74 Å². The van der Waals surface area contributed by atoms with Gasteiger partial charge in [0.2, 0.25) is 0 Å². The van der Waals surface area contributed by atoms with Gasteiger partial charge >= 0.3 is 5.97 Å². The van der Waals surface area contributed by atoms with Crippen LogP contribution < -0.4 is 0 Å². The van der Waals surface area contributed by atoms with E-state index in [9.17, 15) is 4.79 Å². The molecule has 3 nitrogen and oxygen atoms in total. The molecule has 80 valence electrons. The highest BCUT2D eigenvalue weighted by atomic mass is 32.1. The van der Waals surface area contributed by atoms with Crippen molar-refractivity contribution in [3.8, 4) is 0 Å². The lowest BCUT2D eigenvalue weighted by Crippen LogP contribution is -2.50. The number of fused-ring (bicyclic) bond motifs is 2. The smallest absolute Gasteiger partial charge is 0.311 e. The van der Waals surface area contributed by atoms with E-state index < -0.39 is 0 Å². The molecule has 0 aromatic carbocycles. The van der Waals surface area contributed by atoms with Crippen LogP contribution in [0.4, 0.5) is 0 Å². The molecule has 2 saturated heterocycles. The average molecular weight is 215 g/mol. The molecule has 4 atom stereocenters. The number of methoxy groups -OCH3 is 1. The van der Waals surface area contributed by atoms with Crippen molar-refractivity contribution in [1.29, 1.82) is 0 Å². The first-order chi connectivity index (χ1) is 6.65. The summed E-state index contributed by atoms with van der Waals surface area (Å²) < 4.78 is 4.84. The monoisotopic (exact) mass is 215 g/mol. The quantitative estimate of drug-likeness (QED) is 0.521. The van der Waals surface area contributed by atoms with Gasteiger partial charge in [-0.1, -0.05) is 0 Å². The van der Waals surface area contributed by atoms with Crippen molar-refractivity contribution in [2.24, 2.45) is 5.92 Å². The number of carbonyl (C=O) groups excluding carboxylic acids is 1. The van der Waals surface area contributed by atoms with E-state index >= 15 is 0 Å². The van der Waals surface area contributed by atoms with Crippen LogP contribution >= 0.6 is 12.6 Å². The first-order valence-corrected chi connectivity index (χ1v) is 5.64. The Balaban J connectivity index is 2.18. The highest BCUT2D eigenvalue weighted by molar-refractivity contribution is 7.81. The zero-order valence-corrected chi connectivity index (χ0v) is 9.54. The Labute approximate surface area is 90.2 Å². The Kier molecular flexibility index (Phi) is 2.75. The average Bonchev–Trinajstić information content (AvgIpc) is 2.42. The summed E-state index contributed by atoms with van der Waals surface area (Å²) in [5.74, 6) is -0.130. The lowest BCUT2D eigenvalue weighted by molar-refractivity contribution is -0.148. The molecule has 0 N–H and O–H groups in total. The minimum absolute atomic E-state index is 0.0351. The second-order valence-electron chi connectivity index (χ2n) is 4.32. The SMILES string of the molecule is COC(=O)C1C(S)CC2CCC1N2C. The number of piperidine rings is 1. The molecule has 0 radical (unpaired) electrons. The second-order valence-corrected chi connectivity index (χ2v) is 4.98. The Morgan fingerprint density at radius 1 is 1.50 bits per heavy atom. The van der Waals surface area contributed by atoms with E-state index in [1.165, 1.54) is 13.5 Å². The van der Waals surface area contributed by atoms with Crippen LogP contribution in [0.1, 0.15) is 19.3 Å². The van der Waals surface area contributed by atoms with Crippen LogP contribution in [0.2, 0.25) is 0 Å². The van der Waals surface area contributed by atoms with Crippen LogP contribution in [0.5, 0.6) is 0 Å². The summed E-state index contributed by atoms with van der Waals surface area (Å²) >= 11 is 4.52. The molecule has 4 heteroatoms. The van der Waals surface area contributed by atoms with Crippen molar-refractivity contribution < 1.29 is 9.53 Å². The van der Waals surface area contributed by atoms with Gasteiger partial charge in [-0.25, -0.2) is 0 Å². The van der Waals surface area contributed by atoms with Crippen molar-refractivity contribution in [2.75, 3.05) is 14.2 Å². The minimum Gasteiger partial charge on any atom is -0.469 e. The summed E-state index contributed by atoms with van der Waals surface area (Å²) in [5, 5.41) is 0.177. The van der Waals surface area contributed by atoms with Gasteiger partial charge in [0.1, 0.15) is 0 Å². The van der Waals surface area contributed by atoms with Crippen LogP contribution in [-0.4, -0.2) is 42.4 Å². The van der Waals surface area contributed by atoms with Crippen LogP contribution in [0.25, 0.3) is 0 Å². The van der Waals surface area contributed by atoms with Gasteiger partial charge in [0.25, 0.3) is 0 Å². The van der Waals surface area contributed by atoms with E-state index in [1.54, 1.807) is 0 Å². The first-order valence-electron chi connectivity index (χ1n) is 5.13. The molecule has 2 aliphatic rings. The summed E-state index contributed by atoms with van der Waals surface area (Å²) in [5.41, 5.74) is 0. The third-order valence-electron chi connectivity index (χ3n) is 3.71. The molecule has 0 aromatic rings. The van der Waals surface area contributed by atoms with E-state index in [4.69, 9.17) is 4.74 Å². The largest absolute Gasteiger partial charge is 0.469 e. The second kappa shape index (κ2) is 3.74. The molecule has 2 rings (SSSR count). The number of carbonyl (C=O) groups is 1. The summed E-state index contributed by atoms with van der Waals surface area (Å²) in [7, 11) is 3.57. The van der Waals surface area contributed by atoms with Gasteiger partial charge in [-0.15, -0.1) is 0 Å². The molecule has 2 bridgehead atoms. The molecule has 2 aliphatic heterocycles. The van der Waals surface area contributed by atoms with Crippen LogP contribution in [0, 0.1) is 5.92 Å². The van der Waals surface area contributed by atoms with Gasteiger partial charge in [-0.3, -0.25) is 9.69 Å². The molecular formula is C10H17NO2S. The third kappa shape index (κ3) is 1.44. The highest BCUT2D eigenvalue weighted by Crippen LogP contribution is 2.40. The standard InChI is InChI=1S/C10H17NO2S/c1-11-6-3-4-7(11)9(8(14)5-6)10(12)13-2/h6-9,14H,3-5H2,1-2H3. The lowest BCUT2D eigenvalue weighted by Gasteiger charge is -2.39. The molecule has 2 fully saturated rings. The van der Waals surface area contributed by atoms with Crippen molar-refractivity contribution in [1.82, 2.24) is 4.90 Å². The van der Waals surface area contributed by atoms with E-state index in [2.05, 4.69) is 24.6 Å². The fourth-order valence-corrected chi connectivity index (χ4v) is 3.45. The first kappa shape index (κ1) is 10.3. The molecule has 14 heavy (non-hydrogen) atoms. The van der Waals surface area contributed by atoms with Crippen molar-refractivity contribution in [3.63, 3.8) is 0 Å². The molecule has 2 heterocycles. The van der Waals surface area contributed by atoms with Gasteiger partial charge in [0.15, 0.2) is 0 Å². The van der Waals surface area contributed by atoms with Crippen molar-refractivity contribution in [3.05, 3.63) is 0 Å². The normalized spacial score (nSPS) is 42.5. The Hall–Kier alpha value is -0.220. The van der Waals surface area contributed by atoms with Gasteiger partial charge in [-0.05, 0) is 26.3 Å². The number of ether oxygens (including phenoxy) is 1. The van der Waals surface area contributed by atoms with Gasteiger partial charge in [0.05, 0.1) is 13.0 Å². The summed E-state index contributed by atoms with van der Waals surface area (Å²) in [4.78, 5) is 13.9. The zero-order valence-electron chi connectivity index (χ0n) is 8.64. The molecular weight excluding hydrogens is 198 g/mol. The number of hydrogen-bond acceptors (Lipinski definition) is 4. The Morgan fingerprint density at radius 3 is 2.86 bits per heavy atom. The van der Waals surface area contributed by atoms with E-state index in [0.717, 1.165) is 12.8 Å². The fourth-order valence-electron chi connectivity index (χ4n) is 2.89. The molecule has 4 unspecified atom stereocenters.